The smallest absolute Gasteiger partial charge is 0.324 e. The molecule has 132 valence electrons. The van der Waals surface area contributed by atoms with Crippen LogP contribution < -0.4 is 21.1 Å². The van der Waals surface area contributed by atoms with Gasteiger partial charge < -0.3 is 20.2 Å². The highest BCUT2D eigenvalue weighted by atomic mass is 16.5. The van der Waals surface area contributed by atoms with E-state index in [1.54, 1.807) is 6.33 Å². The maximum Gasteiger partial charge on any atom is 0.324 e. The van der Waals surface area contributed by atoms with Crippen LogP contribution in [0.3, 0.4) is 0 Å². The van der Waals surface area contributed by atoms with Crippen molar-refractivity contribution in [2.24, 2.45) is 0 Å². The van der Waals surface area contributed by atoms with Crippen molar-refractivity contribution in [3.8, 4) is 11.4 Å². The molecule has 1 aromatic carbocycles. The van der Waals surface area contributed by atoms with Crippen LogP contribution >= 0.6 is 0 Å². The summed E-state index contributed by atoms with van der Waals surface area (Å²) in [6.07, 6.45) is 2.54. The van der Waals surface area contributed by atoms with Gasteiger partial charge in [-0.05, 0) is 6.42 Å². The number of fused-ring (bicyclic) bond motifs is 1. The molecule has 3 N–H and O–H groups in total. The van der Waals surface area contributed by atoms with E-state index in [1.807, 2.05) is 30.3 Å². The van der Waals surface area contributed by atoms with Gasteiger partial charge in [-0.25, -0.2) is 15.4 Å². The predicted molar refractivity (Wildman–Crippen MR) is 96.5 cm³/mol. The topological polar surface area (TPSA) is 104 Å². The number of hydrazine groups is 1. The molecule has 2 aliphatic rings. The SMILES string of the molecule is c1ccc(-c2noc(N3CC[C@H](Nc4ncnc5c4CNN5)C3)n2)cc1. The first-order valence-corrected chi connectivity index (χ1v) is 8.60. The third kappa shape index (κ3) is 2.72. The van der Waals surface area contributed by atoms with E-state index in [0.717, 1.165) is 42.3 Å². The molecule has 1 fully saturated rings. The molecule has 1 saturated heterocycles. The van der Waals surface area contributed by atoms with Gasteiger partial charge >= 0.3 is 6.01 Å². The molecule has 0 aliphatic carbocycles. The van der Waals surface area contributed by atoms with Crippen LogP contribution in [0.25, 0.3) is 11.4 Å². The molecule has 0 saturated carbocycles. The third-order valence-corrected chi connectivity index (χ3v) is 4.66. The molecule has 9 heteroatoms. The van der Waals surface area contributed by atoms with Crippen LogP contribution in [0.1, 0.15) is 12.0 Å². The summed E-state index contributed by atoms with van der Waals surface area (Å²) in [7, 11) is 0. The molecule has 0 unspecified atom stereocenters. The van der Waals surface area contributed by atoms with E-state index < -0.39 is 0 Å². The fraction of sp³-hybridized carbons (Fsp3) is 0.294. The molecule has 4 heterocycles. The van der Waals surface area contributed by atoms with Gasteiger partial charge in [-0.2, -0.15) is 4.98 Å². The van der Waals surface area contributed by atoms with Crippen molar-refractivity contribution < 1.29 is 4.52 Å². The maximum absolute atomic E-state index is 5.47. The lowest BCUT2D eigenvalue weighted by Crippen LogP contribution is -2.27. The molecule has 26 heavy (non-hydrogen) atoms. The Hall–Kier alpha value is -3.20. The number of nitrogens with zero attached hydrogens (tertiary/aromatic N) is 5. The van der Waals surface area contributed by atoms with Gasteiger partial charge in [0, 0.05) is 31.2 Å². The van der Waals surface area contributed by atoms with E-state index in [-0.39, 0.29) is 6.04 Å². The lowest BCUT2D eigenvalue weighted by molar-refractivity contribution is 0.419. The zero-order valence-corrected chi connectivity index (χ0v) is 14.0. The fourth-order valence-corrected chi connectivity index (χ4v) is 3.32. The van der Waals surface area contributed by atoms with Crippen molar-refractivity contribution in [3.05, 3.63) is 42.2 Å². The highest BCUT2D eigenvalue weighted by molar-refractivity contribution is 5.60. The fourth-order valence-electron chi connectivity index (χ4n) is 3.32. The lowest BCUT2D eigenvalue weighted by atomic mass is 10.2. The number of rotatable bonds is 4. The van der Waals surface area contributed by atoms with Crippen molar-refractivity contribution in [2.45, 2.75) is 19.0 Å². The molecule has 5 rings (SSSR count). The van der Waals surface area contributed by atoms with E-state index in [9.17, 15) is 0 Å². The Kier molecular flexibility index (Phi) is 3.64. The summed E-state index contributed by atoms with van der Waals surface area (Å²) >= 11 is 0. The zero-order chi connectivity index (χ0) is 17.3. The van der Waals surface area contributed by atoms with Crippen LogP contribution in [0, 0.1) is 0 Å². The van der Waals surface area contributed by atoms with E-state index in [1.165, 1.54) is 0 Å². The Bertz CT molecular complexity index is 912. The Morgan fingerprint density at radius 3 is 3.04 bits per heavy atom. The monoisotopic (exact) mass is 350 g/mol. The quantitative estimate of drug-likeness (QED) is 0.648. The first-order valence-electron chi connectivity index (χ1n) is 8.60. The van der Waals surface area contributed by atoms with Crippen LogP contribution in [-0.2, 0) is 6.54 Å². The van der Waals surface area contributed by atoms with Crippen molar-refractivity contribution in [2.75, 3.05) is 28.7 Å². The summed E-state index contributed by atoms with van der Waals surface area (Å²) in [4.78, 5) is 15.2. The number of hydrogen-bond donors (Lipinski definition) is 3. The van der Waals surface area contributed by atoms with Crippen LogP contribution in [0.4, 0.5) is 17.7 Å². The average molecular weight is 350 g/mol. The number of nitrogens with one attached hydrogen (secondary N) is 3. The first-order chi connectivity index (χ1) is 12.9. The van der Waals surface area contributed by atoms with E-state index in [4.69, 9.17) is 4.52 Å². The molecule has 0 spiro atoms. The third-order valence-electron chi connectivity index (χ3n) is 4.66. The van der Waals surface area contributed by atoms with Crippen molar-refractivity contribution >= 4 is 17.7 Å². The van der Waals surface area contributed by atoms with Crippen LogP contribution in [0.5, 0.6) is 0 Å². The van der Waals surface area contributed by atoms with Crippen molar-refractivity contribution in [1.82, 2.24) is 25.5 Å². The summed E-state index contributed by atoms with van der Waals surface area (Å²) in [5.41, 5.74) is 8.12. The minimum absolute atomic E-state index is 0.265. The van der Waals surface area contributed by atoms with Crippen molar-refractivity contribution in [1.29, 1.82) is 0 Å². The Morgan fingerprint density at radius 2 is 2.12 bits per heavy atom. The van der Waals surface area contributed by atoms with Crippen LogP contribution in [-0.4, -0.2) is 39.2 Å². The standard InChI is InChI=1S/C17H18N8O/c1-2-4-11(5-3-1)14-22-17(26-24-14)25-7-6-12(9-25)21-15-13-8-20-23-16(13)19-10-18-15/h1-5,10,12,20H,6-9H2,(H2,18,19,21,23)/t12-/m0/s1. The van der Waals surface area contributed by atoms with E-state index in [0.29, 0.717) is 18.4 Å². The number of aromatic nitrogens is 4. The molecule has 0 radical (unpaired) electrons. The average Bonchev–Trinajstić information content (AvgIpc) is 3.43. The maximum atomic E-state index is 5.47. The van der Waals surface area contributed by atoms with Gasteiger partial charge in [0.15, 0.2) is 0 Å². The Labute approximate surface area is 149 Å². The number of hydrogen-bond acceptors (Lipinski definition) is 9. The van der Waals surface area contributed by atoms with Gasteiger partial charge in [0.05, 0.1) is 5.56 Å². The summed E-state index contributed by atoms with van der Waals surface area (Å²) in [5.74, 6) is 2.32. The highest BCUT2D eigenvalue weighted by Gasteiger charge is 2.28. The predicted octanol–water partition coefficient (Wildman–Crippen LogP) is 1.65. The number of benzene rings is 1. The molecular formula is C17H18N8O. The second-order valence-electron chi connectivity index (χ2n) is 6.37. The molecule has 3 aromatic rings. The van der Waals surface area contributed by atoms with Gasteiger partial charge in [0.1, 0.15) is 18.0 Å². The van der Waals surface area contributed by atoms with Crippen molar-refractivity contribution in [3.63, 3.8) is 0 Å². The molecule has 0 bridgehead atoms. The van der Waals surface area contributed by atoms with Gasteiger partial charge in [0.25, 0.3) is 0 Å². The van der Waals surface area contributed by atoms with Gasteiger partial charge in [-0.3, -0.25) is 0 Å². The minimum atomic E-state index is 0.265. The molecule has 0 amide bonds. The van der Waals surface area contributed by atoms with E-state index in [2.05, 4.69) is 41.2 Å². The first kappa shape index (κ1) is 15.1. The van der Waals surface area contributed by atoms with Crippen LogP contribution in [0.2, 0.25) is 0 Å². The molecule has 9 nitrogen and oxygen atoms in total. The molecule has 2 aromatic heterocycles. The number of anilines is 3. The second-order valence-corrected chi connectivity index (χ2v) is 6.37. The second kappa shape index (κ2) is 6.26. The van der Waals surface area contributed by atoms with Crippen LogP contribution in [0.15, 0.2) is 41.2 Å². The summed E-state index contributed by atoms with van der Waals surface area (Å²) in [6.45, 7) is 2.35. The minimum Gasteiger partial charge on any atom is -0.365 e. The summed E-state index contributed by atoms with van der Waals surface area (Å²) < 4.78 is 5.47. The highest BCUT2D eigenvalue weighted by Crippen LogP contribution is 2.27. The van der Waals surface area contributed by atoms with E-state index >= 15 is 0 Å². The molecular weight excluding hydrogens is 332 g/mol. The Morgan fingerprint density at radius 1 is 1.19 bits per heavy atom. The zero-order valence-electron chi connectivity index (χ0n) is 14.0. The Balaban J connectivity index is 1.28. The molecule has 1 atom stereocenters. The summed E-state index contributed by atoms with van der Waals surface area (Å²) in [6, 6.07) is 10.7. The summed E-state index contributed by atoms with van der Waals surface area (Å²) in [5, 5.41) is 7.62. The lowest BCUT2D eigenvalue weighted by Gasteiger charge is -2.16. The molecule has 2 aliphatic heterocycles. The van der Waals surface area contributed by atoms with Gasteiger partial charge in [-0.15, -0.1) is 0 Å². The van der Waals surface area contributed by atoms with Gasteiger partial charge in [-0.1, -0.05) is 35.5 Å². The normalized spacial score (nSPS) is 18.6. The van der Waals surface area contributed by atoms with Gasteiger partial charge in [0.2, 0.25) is 5.82 Å². The largest absolute Gasteiger partial charge is 0.365 e.